The number of esters is 1. The van der Waals surface area contributed by atoms with Crippen molar-refractivity contribution in [2.75, 3.05) is 0 Å². The summed E-state index contributed by atoms with van der Waals surface area (Å²) in [5, 5.41) is 4.01. The zero-order valence-corrected chi connectivity index (χ0v) is 16.8. The SMILES string of the molecule is O=C(Oc1cccc(/C=N\NC(=O)c2ccccc2-n2cccc2)c1)c1cccc(F)c1. The molecule has 0 aliphatic heterocycles. The van der Waals surface area contributed by atoms with Gasteiger partial charge in [-0.05, 0) is 60.2 Å². The molecule has 0 saturated carbocycles. The third kappa shape index (κ3) is 4.96. The Labute approximate surface area is 183 Å². The van der Waals surface area contributed by atoms with Crippen molar-refractivity contribution in [3.8, 4) is 11.4 Å². The third-order valence-corrected chi connectivity index (χ3v) is 4.54. The summed E-state index contributed by atoms with van der Waals surface area (Å²) < 4.78 is 20.4. The second kappa shape index (κ2) is 9.53. The normalized spacial score (nSPS) is 10.8. The average molecular weight is 427 g/mol. The fraction of sp³-hybridized carbons (Fsp3) is 0. The molecule has 0 unspecified atom stereocenters. The molecular weight excluding hydrogens is 409 g/mol. The van der Waals surface area contributed by atoms with Crippen molar-refractivity contribution < 1.29 is 18.7 Å². The van der Waals surface area contributed by atoms with Crippen LogP contribution in [0.2, 0.25) is 0 Å². The highest BCUT2D eigenvalue weighted by molar-refractivity contribution is 5.98. The number of amides is 1. The molecule has 3 aromatic carbocycles. The molecule has 158 valence electrons. The summed E-state index contributed by atoms with van der Waals surface area (Å²) in [6.45, 7) is 0. The molecule has 7 heteroatoms. The Morgan fingerprint density at radius 2 is 1.69 bits per heavy atom. The van der Waals surface area contributed by atoms with Crippen molar-refractivity contribution in [2.45, 2.75) is 0 Å². The summed E-state index contributed by atoms with van der Waals surface area (Å²) in [6.07, 6.45) is 5.15. The van der Waals surface area contributed by atoms with E-state index < -0.39 is 11.8 Å². The number of halogens is 1. The number of para-hydroxylation sites is 1. The molecule has 0 fully saturated rings. The molecule has 1 heterocycles. The molecule has 1 N–H and O–H groups in total. The first-order valence-electron chi connectivity index (χ1n) is 9.74. The van der Waals surface area contributed by atoms with Crippen LogP contribution in [0.5, 0.6) is 5.75 Å². The summed E-state index contributed by atoms with van der Waals surface area (Å²) >= 11 is 0. The van der Waals surface area contributed by atoms with Gasteiger partial charge in [-0.1, -0.05) is 30.3 Å². The minimum atomic E-state index is -0.673. The van der Waals surface area contributed by atoms with E-state index >= 15 is 0 Å². The van der Waals surface area contributed by atoms with Crippen LogP contribution in [-0.2, 0) is 0 Å². The number of nitrogens with zero attached hydrogens (tertiary/aromatic N) is 2. The Balaban J connectivity index is 1.43. The maximum Gasteiger partial charge on any atom is 0.343 e. The second-order valence-corrected chi connectivity index (χ2v) is 6.78. The summed E-state index contributed by atoms with van der Waals surface area (Å²) in [5.74, 6) is -1.28. The first-order valence-corrected chi connectivity index (χ1v) is 9.74. The Hall–Kier alpha value is -4.52. The van der Waals surface area contributed by atoms with Crippen LogP contribution in [0.4, 0.5) is 4.39 Å². The predicted octanol–water partition coefficient (Wildman–Crippen LogP) is 4.60. The molecule has 0 radical (unpaired) electrons. The first kappa shape index (κ1) is 20.7. The molecule has 4 rings (SSSR count). The molecule has 0 spiro atoms. The monoisotopic (exact) mass is 427 g/mol. The number of rotatable bonds is 6. The first-order chi connectivity index (χ1) is 15.6. The van der Waals surface area contributed by atoms with Gasteiger partial charge in [0.15, 0.2) is 0 Å². The van der Waals surface area contributed by atoms with Gasteiger partial charge in [-0.25, -0.2) is 14.6 Å². The number of carbonyl (C=O) groups excluding carboxylic acids is 2. The van der Waals surface area contributed by atoms with E-state index in [0.717, 1.165) is 11.8 Å². The van der Waals surface area contributed by atoms with Crippen LogP contribution in [0, 0.1) is 5.82 Å². The number of aromatic nitrogens is 1. The molecule has 0 aliphatic carbocycles. The fourth-order valence-electron chi connectivity index (χ4n) is 3.05. The van der Waals surface area contributed by atoms with Crippen molar-refractivity contribution in [3.05, 3.63) is 120 Å². The van der Waals surface area contributed by atoms with E-state index in [1.165, 1.54) is 24.4 Å². The lowest BCUT2D eigenvalue weighted by Gasteiger charge is -2.09. The molecule has 1 amide bonds. The van der Waals surface area contributed by atoms with Gasteiger partial charge < -0.3 is 9.30 Å². The minimum Gasteiger partial charge on any atom is -0.423 e. The van der Waals surface area contributed by atoms with Gasteiger partial charge in [0, 0.05) is 12.4 Å². The lowest BCUT2D eigenvalue weighted by Crippen LogP contribution is -2.19. The van der Waals surface area contributed by atoms with Crippen LogP contribution in [0.1, 0.15) is 26.3 Å². The molecule has 6 nitrogen and oxygen atoms in total. The third-order valence-electron chi connectivity index (χ3n) is 4.54. The maximum atomic E-state index is 13.3. The van der Waals surface area contributed by atoms with Gasteiger partial charge in [-0.2, -0.15) is 5.10 Å². The molecule has 0 aliphatic rings. The zero-order valence-electron chi connectivity index (χ0n) is 16.8. The number of ether oxygens (including phenoxy) is 1. The topological polar surface area (TPSA) is 72.7 Å². The zero-order chi connectivity index (χ0) is 22.3. The summed E-state index contributed by atoms with van der Waals surface area (Å²) in [6, 6.07) is 22.8. The summed E-state index contributed by atoms with van der Waals surface area (Å²) in [5.41, 5.74) is 4.43. The minimum absolute atomic E-state index is 0.109. The molecule has 32 heavy (non-hydrogen) atoms. The highest BCUT2D eigenvalue weighted by Crippen LogP contribution is 2.16. The van der Waals surface area contributed by atoms with Gasteiger partial charge in [-0.3, -0.25) is 4.79 Å². The maximum absolute atomic E-state index is 13.3. The highest BCUT2D eigenvalue weighted by Gasteiger charge is 2.11. The number of hydrazone groups is 1. The standard InChI is InChI=1S/C25H18FN3O3/c26-20-9-6-8-19(16-20)25(31)32-21-10-5-7-18(15-21)17-27-28-24(30)22-11-1-2-12-23(22)29-13-3-4-14-29/h1-17H,(H,28,30)/b27-17-. The number of benzene rings is 3. The van der Waals surface area contributed by atoms with E-state index in [1.807, 2.05) is 41.2 Å². The van der Waals surface area contributed by atoms with Crippen LogP contribution in [0.25, 0.3) is 5.69 Å². The van der Waals surface area contributed by atoms with E-state index in [1.54, 1.807) is 36.4 Å². The van der Waals surface area contributed by atoms with Crippen LogP contribution >= 0.6 is 0 Å². The van der Waals surface area contributed by atoms with Gasteiger partial charge in [-0.15, -0.1) is 0 Å². The largest absolute Gasteiger partial charge is 0.423 e. The van der Waals surface area contributed by atoms with Crippen LogP contribution in [0.3, 0.4) is 0 Å². The van der Waals surface area contributed by atoms with Crippen LogP contribution in [-0.4, -0.2) is 22.7 Å². The highest BCUT2D eigenvalue weighted by atomic mass is 19.1. The van der Waals surface area contributed by atoms with Gasteiger partial charge in [0.05, 0.1) is 23.0 Å². The van der Waals surface area contributed by atoms with Crippen LogP contribution in [0.15, 0.2) is 102 Å². The predicted molar refractivity (Wildman–Crippen MR) is 119 cm³/mol. The lowest BCUT2D eigenvalue weighted by molar-refractivity contribution is 0.0734. The Morgan fingerprint density at radius 3 is 2.50 bits per heavy atom. The second-order valence-electron chi connectivity index (χ2n) is 6.78. The fourth-order valence-corrected chi connectivity index (χ4v) is 3.05. The number of nitrogens with one attached hydrogen (secondary N) is 1. The van der Waals surface area contributed by atoms with Gasteiger partial charge >= 0.3 is 5.97 Å². The van der Waals surface area contributed by atoms with Gasteiger partial charge in [0.25, 0.3) is 5.91 Å². The summed E-state index contributed by atoms with van der Waals surface area (Å²) in [7, 11) is 0. The molecule has 1 aromatic heterocycles. The van der Waals surface area contributed by atoms with Crippen molar-refractivity contribution in [3.63, 3.8) is 0 Å². The Morgan fingerprint density at radius 1 is 0.906 bits per heavy atom. The summed E-state index contributed by atoms with van der Waals surface area (Å²) in [4.78, 5) is 24.8. The molecule has 0 saturated heterocycles. The van der Waals surface area contributed by atoms with Crippen molar-refractivity contribution >= 4 is 18.1 Å². The van der Waals surface area contributed by atoms with Crippen LogP contribution < -0.4 is 10.2 Å². The van der Waals surface area contributed by atoms with E-state index in [4.69, 9.17) is 4.74 Å². The van der Waals surface area contributed by atoms with E-state index in [-0.39, 0.29) is 17.2 Å². The van der Waals surface area contributed by atoms with Crippen molar-refractivity contribution in [2.24, 2.45) is 5.10 Å². The van der Waals surface area contributed by atoms with Gasteiger partial charge in [0.1, 0.15) is 11.6 Å². The Bertz CT molecular complexity index is 1280. The van der Waals surface area contributed by atoms with E-state index in [9.17, 15) is 14.0 Å². The molecule has 4 aromatic rings. The molecule has 0 atom stereocenters. The number of hydrogen-bond acceptors (Lipinski definition) is 4. The van der Waals surface area contributed by atoms with Crippen molar-refractivity contribution in [1.82, 2.24) is 9.99 Å². The average Bonchev–Trinajstić information content (AvgIpc) is 3.34. The number of carbonyl (C=O) groups is 2. The smallest absolute Gasteiger partial charge is 0.343 e. The van der Waals surface area contributed by atoms with Crippen molar-refractivity contribution in [1.29, 1.82) is 0 Å². The van der Waals surface area contributed by atoms with Gasteiger partial charge in [0.2, 0.25) is 0 Å². The molecule has 0 bridgehead atoms. The molecular formula is C25H18FN3O3. The van der Waals surface area contributed by atoms with E-state index in [0.29, 0.717) is 11.1 Å². The lowest BCUT2D eigenvalue weighted by atomic mass is 10.1. The number of hydrogen-bond donors (Lipinski definition) is 1. The van der Waals surface area contributed by atoms with E-state index in [2.05, 4.69) is 10.5 Å². The Kier molecular flexibility index (Phi) is 6.17. The quantitative estimate of drug-likeness (QED) is 0.212.